The van der Waals surface area contributed by atoms with Crippen molar-refractivity contribution in [3.8, 4) is 0 Å². The Hall–Kier alpha value is -1.35. The quantitative estimate of drug-likeness (QED) is 0.854. The fourth-order valence-corrected chi connectivity index (χ4v) is 2.40. The summed E-state index contributed by atoms with van der Waals surface area (Å²) in [6.07, 6.45) is 4.20. The highest BCUT2D eigenvalue weighted by molar-refractivity contribution is 5.76. The standard InChI is InChI=1S/C15H22N2O/c1-12-6-2-3-7-13(12)11-17-15(18)10-14-8-4-5-9-16-14/h2-3,6-7,14,16H,4-5,8-11H2,1H3,(H,17,18). The van der Waals surface area contributed by atoms with Crippen molar-refractivity contribution >= 4 is 5.91 Å². The molecule has 0 aliphatic carbocycles. The molecular weight excluding hydrogens is 224 g/mol. The number of nitrogens with one attached hydrogen (secondary N) is 2. The second kappa shape index (κ2) is 6.55. The molecule has 1 aliphatic rings. The lowest BCUT2D eigenvalue weighted by Crippen LogP contribution is -2.38. The first-order valence-electron chi connectivity index (χ1n) is 6.80. The van der Waals surface area contributed by atoms with Gasteiger partial charge in [0.05, 0.1) is 0 Å². The van der Waals surface area contributed by atoms with Crippen LogP contribution in [-0.4, -0.2) is 18.5 Å². The molecule has 18 heavy (non-hydrogen) atoms. The molecule has 0 saturated carbocycles. The molecule has 98 valence electrons. The maximum atomic E-state index is 11.8. The number of rotatable bonds is 4. The van der Waals surface area contributed by atoms with Crippen LogP contribution in [0.3, 0.4) is 0 Å². The summed E-state index contributed by atoms with van der Waals surface area (Å²) in [5.74, 6) is 0.151. The first kappa shape index (κ1) is 13.1. The predicted molar refractivity (Wildman–Crippen MR) is 73.3 cm³/mol. The molecule has 3 nitrogen and oxygen atoms in total. The van der Waals surface area contributed by atoms with Gasteiger partial charge in [-0.15, -0.1) is 0 Å². The molecular formula is C15H22N2O. The van der Waals surface area contributed by atoms with Crippen molar-refractivity contribution in [3.63, 3.8) is 0 Å². The summed E-state index contributed by atoms with van der Waals surface area (Å²) < 4.78 is 0. The van der Waals surface area contributed by atoms with E-state index >= 15 is 0 Å². The lowest BCUT2D eigenvalue weighted by Gasteiger charge is -2.22. The van der Waals surface area contributed by atoms with E-state index in [1.54, 1.807) is 0 Å². The van der Waals surface area contributed by atoms with E-state index in [1.165, 1.54) is 24.0 Å². The Morgan fingerprint density at radius 2 is 2.22 bits per heavy atom. The van der Waals surface area contributed by atoms with Gasteiger partial charge in [0.15, 0.2) is 0 Å². The Bertz CT molecular complexity index is 397. The van der Waals surface area contributed by atoms with Gasteiger partial charge in [0.1, 0.15) is 0 Å². The highest BCUT2D eigenvalue weighted by Crippen LogP contribution is 2.10. The molecule has 1 aromatic rings. The molecule has 2 N–H and O–H groups in total. The maximum Gasteiger partial charge on any atom is 0.221 e. The summed E-state index contributed by atoms with van der Waals surface area (Å²) in [6.45, 7) is 3.76. The normalized spacial score (nSPS) is 19.5. The molecule has 1 saturated heterocycles. The fraction of sp³-hybridized carbons (Fsp3) is 0.533. The highest BCUT2D eigenvalue weighted by atomic mass is 16.1. The average Bonchev–Trinajstić information content (AvgIpc) is 2.39. The van der Waals surface area contributed by atoms with Crippen LogP contribution in [0.15, 0.2) is 24.3 Å². The third-order valence-electron chi connectivity index (χ3n) is 3.58. The van der Waals surface area contributed by atoms with E-state index < -0.39 is 0 Å². The van der Waals surface area contributed by atoms with E-state index in [1.807, 2.05) is 12.1 Å². The van der Waals surface area contributed by atoms with Gasteiger partial charge in [-0.25, -0.2) is 0 Å². The van der Waals surface area contributed by atoms with Crippen molar-refractivity contribution in [2.75, 3.05) is 6.54 Å². The van der Waals surface area contributed by atoms with E-state index in [0.29, 0.717) is 19.0 Å². The smallest absolute Gasteiger partial charge is 0.221 e. The number of benzene rings is 1. The largest absolute Gasteiger partial charge is 0.352 e. The van der Waals surface area contributed by atoms with Crippen LogP contribution in [0, 0.1) is 6.92 Å². The summed E-state index contributed by atoms with van der Waals surface area (Å²) in [6, 6.07) is 8.54. The van der Waals surface area contributed by atoms with Crippen LogP contribution in [0.5, 0.6) is 0 Å². The number of amides is 1. The van der Waals surface area contributed by atoms with Crippen LogP contribution in [0.4, 0.5) is 0 Å². The Labute approximate surface area is 109 Å². The summed E-state index contributed by atoms with van der Waals surface area (Å²) in [7, 11) is 0. The van der Waals surface area contributed by atoms with Crippen molar-refractivity contribution in [2.24, 2.45) is 0 Å². The van der Waals surface area contributed by atoms with Gasteiger partial charge in [-0.2, -0.15) is 0 Å². The Kier molecular flexibility index (Phi) is 4.76. The lowest BCUT2D eigenvalue weighted by atomic mass is 10.0. The van der Waals surface area contributed by atoms with Crippen molar-refractivity contribution in [2.45, 2.75) is 45.2 Å². The van der Waals surface area contributed by atoms with Crippen LogP contribution in [0.2, 0.25) is 0 Å². The average molecular weight is 246 g/mol. The van der Waals surface area contributed by atoms with Crippen molar-refractivity contribution in [1.29, 1.82) is 0 Å². The third-order valence-corrected chi connectivity index (χ3v) is 3.58. The summed E-state index contributed by atoms with van der Waals surface area (Å²) in [4.78, 5) is 11.8. The molecule has 0 spiro atoms. The lowest BCUT2D eigenvalue weighted by molar-refractivity contribution is -0.121. The van der Waals surface area contributed by atoms with Gasteiger partial charge in [-0.05, 0) is 37.4 Å². The van der Waals surface area contributed by atoms with Crippen LogP contribution in [-0.2, 0) is 11.3 Å². The minimum Gasteiger partial charge on any atom is -0.352 e. The molecule has 0 aromatic heterocycles. The van der Waals surface area contributed by atoms with E-state index in [0.717, 1.165) is 13.0 Å². The van der Waals surface area contributed by atoms with Gasteiger partial charge >= 0.3 is 0 Å². The Morgan fingerprint density at radius 3 is 2.94 bits per heavy atom. The van der Waals surface area contributed by atoms with Crippen molar-refractivity contribution < 1.29 is 4.79 Å². The van der Waals surface area contributed by atoms with E-state index in [-0.39, 0.29) is 5.91 Å². The Balaban J connectivity index is 1.76. The second-order valence-corrected chi connectivity index (χ2v) is 5.05. The third kappa shape index (κ3) is 3.84. The van der Waals surface area contributed by atoms with Crippen LogP contribution < -0.4 is 10.6 Å². The molecule has 2 rings (SSSR count). The fourth-order valence-electron chi connectivity index (χ4n) is 2.40. The minimum atomic E-state index is 0.151. The molecule has 1 heterocycles. The first-order chi connectivity index (χ1) is 8.75. The summed E-state index contributed by atoms with van der Waals surface area (Å²) in [5, 5.41) is 6.41. The van der Waals surface area contributed by atoms with Crippen LogP contribution in [0.25, 0.3) is 0 Å². The monoisotopic (exact) mass is 246 g/mol. The maximum absolute atomic E-state index is 11.8. The van der Waals surface area contributed by atoms with E-state index in [4.69, 9.17) is 0 Å². The zero-order valence-electron chi connectivity index (χ0n) is 11.0. The van der Waals surface area contributed by atoms with Gasteiger partial charge in [-0.3, -0.25) is 4.79 Å². The number of hydrogen-bond donors (Lipinski definition) is 2. The second-order valence-electron chi connectivity index (χ2n) is 5.05. The van der Waals surface area contributed by atoms with Gasteiger partial charge < -0.3 is 10.6 Å². The van der Waals surface area contributed by atoms with Crippen molar-refractivity contribution in [3.05, 3.63) is 35.4 Å². The first-order valence-corrected chi connectivity index (χ1v) is 6.80. The van der Waals surface area contributed by atoms with Gasteiger partial charge in [-0.1, -0.05) is 30.7 Å². The SMILES string of the molecule is Cc1ccccc1CNC(=O)CC1CCCCN1. The molecule has 1 aliphatic heterocycles. The molecule has 1 amide bonds. The zero-order chi connectivity index (χ0) is 12.8. The van der Waals surface area contributed by atoms with E-state index in [2.05, 4.69) is 29.7 Å². The number of carbonyl (C=O) groups is 1. The van der Waals surface area contributed by atoms with Crippen molar-refractivity contribution in [1.82, 2.24) is 10.6 Å². The molecule has 1 fully saturated rings. The number of hydrogen-bond acceptors (Lipinski definition) is 2. The van der Waals surface area contributed by atoms with Crippen LogP contribution in [0.1, 0.15) is 36.8 Å². The highest BCUT2D eigenvalue weighted by Gasteiger charge is 2.15. The van der Waals surface area contributed by atoms with Crippen LogP contribution >= 0.6 is 0 Å². The molecule has 1 aromatic carbocycles. The molecule has 3 heteroatoms. The number of carbonyl (C=O) groups excluding carboxylic acids is 1. The summed E-state index contributed by atoms with van der Waals surface area (Å²) >= 11 is 0. The minimum absolute atomic E-state index is 0.151. The molecule has 1 unspecified atom stereocenters. The Morgan fingerprint density at radius 1 is 1.39 bits per heavy atom. The van der Waals surface area contributed by atoms with Gasteiger partial charge in [0, 0.05) is 19.0 Å². The van der Waals surface area contributed by atoms with E-state index in [9.17, 15) is 4.79 Å². The van der Waals surface area contributed by atoms with Gasteiger partial charge in [0.25, 0.3) is 0 Å². The zero-order valence-corrected chi connectivity index (χ0v) is 11.0. The molecule has 0 radical (unpaired) electrons. The summed E-state index contributed by atoms with van der Waals surface area (Å²) in [5.41, 5.74) is 2.43. The number of piperidine rings is 1. The van der Waals surface area contributed by atoms with Gasteiger partial charge in [0.2, 0.25) is 5.91 Å². The predicted octanol–water partition coefficient (Wildman–Crippen LogP) is 2.14. The molecule has 1 atom stereocenters. The number of aryl methyl sites for hydroxylation is 1. The topological polar surface area (TPSA) is 41.1 Å². The molecule has 0 bridgehead atoms.